The zero-order valence-corrected chi connectivity index (χ0v) is 13.1. The largest absolute Gasteiger partial charge is 0.135 e. The molecule has 0 radical (unpaired) electrons. The van der Waals surface area contributed by atoms with Gasteiger partial charge in [-0.25, -0.2) is 0 Å². The second-order valence-corrected chi connectivity index (χ2v) is 7.58. The van der Waals surface area contributed by atoms with Gasteiger partial charge in [0.05, 0.1) is 0 Å². The second kappa shape index (κ2) is 4.06. The Bertz CT molecular complexity index is 1140. The molecule has 0 atom stereocenters. The summed E-state index contributed by atoms with van der Waals surface area (Å²) in [6, 6.07) is 19.9. The number of benzene rings is 3. The van der Waals surface area contributed by atoms with Crippen molar-refractivity contribution in [3.63, 3.8) is 0 Å². The zero-order valence-electron chi connectivity index (χ0n) is 11.5. The number of thiophene rings is 2. The molecule has 0 fully saturated rings. The Morgan fingerprint density at radius 1 is 0.667 bits per heavy atom. The second-order valence-electron chi connectivity index (χ2n) is 5.47. The molecule has 0 spiro atoms. The molecule has 2 aromatic heterocycles. The van der Waals surface area contributed by atoms with E-state index in [1.807, 2.05) is 22.7 Å². The van der Waals surface area contributed by atoms with Crippen molar-refractivity contribution in [1.29, 1.82) is 0 Å². The lowest BCUT2D eigenvalue weighted by atomic mass is 10.0. The van der Waals surface area contributed by atoms with Crippen LogP contribution in [0.15, 0.2) is 54.6 Å². The van der Waals surface area contributed by atoms with Crippen LogP contribution in [0.1, 0.15) is 5.56 Å². The summed E-state index contributed by atoms with van der Waals surface area (Å²) in [4.78, 5) is 0. The Morgan fingerprint density at radius 3 is 2.10 bits per heavy atom. The van der Waals surface area contributed by atoms with Crippen molar-refractivity contribution in [2.75, 3.05) is 0 Å². The summed E-state index contributed by atoms with van der Waals surface area (Å²) in [5.41, 5.74) is 1.39. The maximum Gasteiger partial charge on any atom is 0.0448 e. The van der Waals surface area contributed by atoms with E-state index in [0.29, 0.717) is 0 Å². The van der Waals surface area contributed by atoms with E-state index in [1.165, 1.54) is 45.9 Å². The Morgan fingerprint density at radius 2 is 1.29 bits per heavy atom. The lowest BCUT2D eigenvalue weighted by Gasteiger charge is -1.99. The van der Waals surface area contributed by atoms with Crippen LogP contribution in [0.2, 0.25) is 0 Å². The Kier molecular flexibility index (Phi) is 2.27. The first-order valence-electron chi connectivity index (χ1n) is 7.05. The van der Waals surface area contributed by atoms with Gasteiger partial charge in [-0.2, -0.15) is 0 Å². The molecule has 21 heavy (non-hydrogen) atoms. The number of fused-ring (bicyclic) bond motifs is 7. The molecule has 0 nitrogen and oxygen atoms in total. The van der Waals surface area contributed by atoms with Gasteiger partial charge in [-0.15, -0.1) is 22.7 Å². The highest BCUT2D eigenvalue weighted by Crippen LogP contribution is 2.45. The van der Waals surface area contributed by atoms with Gasteiger partial charge < -0.3 is 0 Å². The summed E-state index contributed by atoms with van der Waals surface area (Å²) in [6.45, 7) is 2.24. The van der Waals surface area contributed by atoms with Gasteiger partial charge in [0.15, 0.2) is 0 Å². The monoisotopic (exact) mass is 304 g/mol. The first-order chi connectivity index (χ1) is 10.3. The zero-order chi connectivity index (χ0) is 14.0. The van der Waals surface area contributed by atoms with Gasteiger partial charge in [-0.1, -0.05) is 36.4 Å². The lowest BCUT2D eigenvalue weighted by Crippen LogP contribution is -1.74. The van der Waals surface area contributed by atoms with Crippen molar-refractivity contribution >= 4 is 63.0 Å². The Labute approximate surface area is 130 Å². The van der Waals surface area contributed by atoms with Crippen LogP contribution in [-0.2, 0) is 0 Å². The molecule has 0 saturated carbocycles. The molecule has 0 aliphatic carbocycles. The van der Waals surface area contributed by atoms with E-state index in [4.69, 9.17) is 0 Å². The molecular weight excluding hydrogens is 292 g/mol. The van der Waals surface area contributed by atoms with Crippen LogP contribution in [0.5, 0.6) is 0 Å². The molecule has 0 bridgehead atoms. The topological polar surface area (TPSA) is 0 Å². The first-order valence-corrected chi connectivity index (χ1v) is 8.68. The number of hydrogen-bond donors (Lipinski definition) is 0. The van der Waals surface area contributed by atoms with Gasteiger partial charge in [0, 0.05) is 40.3 Å². The number of rotatable bonds is 0. The highest BCUT2D eigenvalue weighted by Gasteiger charge is 2.14. The minimum absolute atomic E-state index is 1.38. The summed E-state index contributed by atoms with van der Waals surface area (Å²) in [5.74, 6) is 0. The van der Waals surface area contributed by atoms with E-state index in [2.05, 4.69) is 61.5 Å². The normalized spacial score (nSPS) is 12.0. The molecule has 3 aromatic carbocycles. The Balaban J connectivity index is 2.17. The highest BCUT2D eigenvalue weighted by atomic mass is 32.1. The van der Waals surface area contributed by atoms with E-state index in [9.17, 15) is 0 Å². The van der Waals surface area contributed by atoms with E-state index < -0.39 is 0 Å². The fourth-order valence-corrected chi connectivity index (χ4v) is 5.72. The van der Waals surface area contributed by atoms with Crippen molar-refractivity contribution in [2.24, 2.45) is 0 Å². The quantitative estimate of drug-likeness (QED) is 0.297. The van der Waals surface area contributed by atoms with Crippen molar-refractivity contribution in [2.45, 2.75) is 6.92 Å². The van der Waals surface area contributed by atoms with Gasteiger partial charge in [-0.05, 0) is 30.7 Å². The molecule has 0 saturated heterocycles. The van der Waals surface area contributed by atoms with Crippen LogP contribution in [0, 0.1) is 6.92 Å². The van der Waals surface area contributed by atoms with Crippen molar-refractivity contribution in [3.8, 4) is 0 Å². The SMILES string of the molecule is Cc1cc2c3ccccc3sc2c2c1sc1ccccc12. The van der Waals surface area contributed by atoms with Crippen LogP contribution in [0.25, 0.3) is 40.3 Å². The smallest absolute Gasteiger partial charge is 0.0448 e. The highest BCUT2D eigenvalue weighted by molar-refractivity contribution is 7.29. The third-order valence-electron chi connectivity index (χ3n) is 4.18. The molecule has 0 amide bonds. The van der Waals surface area contributed by atoms with Gasteiger partial charge in [0.2, 0.25) is 0 Å². The van der Waals surface area contributed by atoms with Crippen LogP contribution in [-0.4, -0.2) is 0 Å². The van der Waals surface area contributed by atoms with Crippen LogP contribution in [0.4, 0.5) is 0 Å². The molecule has 2 heterocycles. The molecule has 100 valence electrons. The summed E-state index contributed by atoms with van der Waals surface area (Å²) in [6.07, 6.45) is 0. The first kappa shape index (κ1) is 11.7. The fraction of sp³-hybridized carbons (Fsp3) is 0.0526. The molecule has 0 N–H and O–H groups in total. The average molecular weight is 304 g/mol. The molecular formula is C19H12S2. The molecule has 2 heteroatoms. The minimum Gasteiger partial charge on any atom is -0.135 e. The van der Waals surface area contributed by atoms with Crippen molar-refractivity contribution in [3.05, 3.63) is 60.2 Å². The predicted octanol–water partition coefficient (Wildman–Crippen LogP) is 6.73. The number of hydrogen-bond acceptors (Lipinski definition) is 2. The van der Waals surface area contributed by atoms with Gasteiger partial charge in [-0.3, -0.25) is 0 Å². The van der Waals surface area contributed by atoms with Gasteiger partial charge in [0.1, 0.15) is 0 Å². The van der Waals surface area contributed by atoms with E-state index >= 15 is 0 Å². The van der Waals surface area contributed by atoms with E-state index in [1.54, 1.807) is 0 Å². The van der Waals surface area contributed by atoms with Gasteiger partial charge >= 0.3 is 0 Å². The summed E-state index contributed by atoms with van der Waals surface area (Å²) in [5, 5.41) is 5.64. The number of aryl methyl sites for hydroxylation is 1. The molecule has 5 rings (SSSR count). The molecule has 0 aliphatic rings. The average Bonchev–Trinajstić information content (AvgIpc) is 3.06. The Hall–Kier alpha value is -1.90. The summed E-state index contributed by atoms with van der Waals surface area (Å²) < 4.78 is 5.65. The molecule has 5 aromatic rings. The minimum atomic E-state index is 1.38. The third kappa shape index (κ3) is 1.49. The van der Waals surface area contributed by atoms with Crippen LogP contribution in [0.3, 0.4) is 0 Å². The standard InChI is InChI=1S/C19H12S2/c1-11-10-14-12-6-2-4-8-15(12)21-19(14)17-13-7-3-5-9-16(13)20-18(11)17/h2-10H,1H3. The fourth-order valence-electron chi connectivity index (χ4n) is 3.23. The predicted molar refractivity (Wildman–Crippen MR) is 97.0 cm³/mol. The van der Waals surface area contributed by atoms with Crippen molar-refractivity contribution < 1.29 is 0 Å². The summed E-state index contributed by atoms with van der Waals surface area (Å²) >= 11 is 3.85. The van der Waals surface area contributed by atoms with E-state index in [0.717, 1.165) is 0 Å². The maximum absolute atomic E-state index is 2.37. The maximum atomic E-state index is 2.37. The van der Waals surface area contributed by atoms with Crippen LogP contribution < -0.4 is 0 Å². The van der Waals surface area contributed by atoms with E-state index in [-0.39, 0.29) is 0 Å². The lowest BCUT2D eigenvalue weighted by molar-refractivity contribution is 1.59. The van der Waals surface area contributed by atoms with Crippen molar-refractivity contribution in [1.82, 2.24) is 0 Å². The summed E-state index contributed by atoms with van der Waals surface area (Å²) in [7, 11) is 0. The molecule has 0 unspecified atom stereocenters. The third-order valence-corrected chi connectivity index (χ3v) is 6.69. The van der Waals surface area contributed by atoms with Crippen LogP contribution >= 0.6 is 22.7 Å². The molecule has 0 aliphatic heterocycles. The van der Waals surface area contributed by atoms with Gasteiger partial charge in [0.25, 0.3) is 0 Å².